The van der Waals surface area contributed by atoms with Gasteiger partial charge in [-0.15, -0.1) is 0 Å². The molecule has 2 aliphatic rings. The molecular formula is C16H30N2O. The second-order valence-corrected chi connectivity index (χ2v) is 6.97. The molecule has 2 fully saturated rings. The number of rotatable bonds is 4. The quantitative estimate of drug-likeness (QED) is 0.850. The summed E-state index contributed by atoms with van der Waals surface area (Å²) >= 11 is 0. The van der Waals surface area contributed by atoms with E-state index in [1.54, 1.807) is 0 Å². The van der Waals surface area contributed by atoms with Crippen molar-refractivity contribution in [3.8, 4) is 0 Å². The van der Waals surface area contributed by atoms with Crippen molar-refractivity contribution in [2.24, 2.45) is 29.4 Å². The van der Waals surface area contributed by atoms with E-state index in [2.05, 4.69) is 25.7 Å². The Morgan fingerprint density at radius 2 is 1.84 bits per heavy atom. The number of amides is 1. The average Bonchev–Trinajstić information content (AvgIpc) is 2.34. The van der Waals surface area contributed by atoms with E-state index in [4.69, 9.17) is 5.73 Å². The maximum Gasteiger partial charge on any atom is 0.225 e. The zero-order chi connectivity index (χ0) is 14.0. The molecule has 3 nitrogen and oxygen atoms in total. The highest BCUT2D eigenvalue weighted by atomic mass is 16.2. The lowest BCUT2D eigenvalue weighted by Crippen LogP contribution is -2.50. The standard InChI is InChI=1S/C16H30N2O/c1-4-18(10-11(2)3)16(19)14-8-12-6-5-7-13(9-14)15(12)17/h11-15H,4-10,17H2,1-3H3. The highest BCUT2D eigenvalue weighted by Gasteiger charge is 2.41. The van der Waals surface area contributed by atoms with Crippen molar-refractivity contribution >= 4 is 5.91 Å². The third kappa shape index (κ3) is 3.31. The predicted molar refractivity (Wildman–Crippen MR) is 78.6 cm³/mol. The van der Waals surface area contributed by atoms with Gasteiger partial charge in [-0.05, 0) is 50.4 Å². The van der Waals surface area contributed by atoms with Gasteiger partial charge < -0.3 is 10.6 Å². The molecule has 2 unspecified atom stereocenters. The minimum absolute atomic E-state index is 0.244. The van der Waals surface area contributed by atoms with Crippen LogP contribution in [0.3, 0.4) is 0 Å². The summed E-state index contributed by atoms with van der Waals surface area (Å²) < 4.78 is 0. The van der Waals surface area contributed by atoms with Crippen LogP contribution < -0.4 is 5.73 Å². The first-order valence-electron chi connectivity index (χ1n) is 8.07. The Bertz CT molecular complexity index is 302. The first-order chi connectivity index (χ1) is 9.02. The van der Waals surface area contributed by atoms with Gasteiger partial charge in [0.05, 0.1) is 0 Å². The van der Waals surface area contributed by atoms with E-state index in [0.717, 1.165) is 25.9 Å². The molecule has 3 heteroatoms. The zero-order valence-corrected chi connectivity index (χ0v) is 12.8. The molecule has 19 heavy (non-hydrogen) atoms. The van der Waals surface area contributed by atoms with Gasteiger partial charge in [-0.3, -0.25) is 4.79 Å². The van der Waals surface area contributed by atoms with Gasteiger partial charge in [0.15, 0.2) is 0 Å². The van der Waals surface area contributed by atoms with Gasteiger partial charge in [0.1, 0.15) is 0 Å². The summed E-state index contributed by atoms with van der Waals surface area (Å²) in [7, 11) is 0. The number of hydrogen-bond donors (Lipinski definition) is 1. The number of carbonyl (C=O) groups excluding carboxylic acids is 1. The summed E-state index contributed by atoms with van der Waals surface area (Å²) in [5.74, 6) is 2.38. The van der Waals surface area contributed by atoms with E-state index < -0.39 is 0 Å². The van der Waals surface area contributed by atoms with Crippen molar-refractivity contribution in [3.05, 3.63) is 0 Å². The third-order valence-corrected chi connectivity index (χ3v) is 5.04. The molecule has 0 radical (unpaired) electrons. The molecule has 2 saturated carbocycles. The topological polar surface area (TPSA) is 46.3 Å². The van der Waals surface area contributed by atoms with Crippen LogP contribution in [0.4, 0.5) is 0 Å². The summed E-state index contributed by atoms with van der Waals surface area (Å²) in [6.07, 6.45) is 5.85. The Balaban J connectivity index is 1.99. The summed E-state index contributed by atoms with van der Waals surface area (Å²) in [5.41, 5.74) is 6.31. The molecule has 2 rings (SSSR count). The molecular weight excluding hydrogens is 236 g/mol. The molecule has 0 spiro atoms. The van der Waals surface area contributed by atoms with Crippen LogP contribution in [0.15, 0.2) is 0 Å². The molecule has 1 amide bonds. The van der Waals surface area contributed by atoms with Crippen molar-refractivity contribution < 1.29 is 4.79 Å². The van der Waals surface area contributed by atoms with Crippen LogP contribution in [0.5, 0.6) is 0 Å². The highest BCUT2D eigenvalue weighted by molar-refractivity contribution is 5.79. The van der Waals surface area contributed by atoms with E-state index in [1.807, 2.05) is 0 Å². The molecule has 110 valence electrons. The number of carbonyl (C=O) groups is 1. The van der Waals surface area contributed by atoms with Crippen LogP contribution in [0, 0.1) is 23.7 Å². The van der Waals surface area contributed by atoms with Crippen LogP contribution >= 0.6 is 0 Å². The Hall–Kier alpha value is -0.570. The van der Waals surface area contributed by atoms with E-state index in [9.17, 15) is 4.79 Å². The molecule has 2 atom stereocenters. The maximum atomic E-state index is 12.7. The van der Waals surface area contributed by atoms with Crippen LogP contribution in [-0.4, -0.2) is 29.9 Å². The van der Waals surface area contributed by atoms with Crippen LogP contribution in [0.25, 0.3) is 0 Å². The van der Waals surface area contributed by atoms with E-state index in [0.29, 0.717) is 29.7 Å². The lowest BCUT2D eigenvalue weighted by molar-refractivity contribution is -0.139. The van der Waals surface area contributed by atoms with Crippen molar-refractivity contribution in [1.82, 2.24) is 4.90 Å². The third-order valence-electron chi connectivity index (χ3n) is 5.04. The van der Waals surface area contributed by atoms with E-state index >= 15 is 0 Å². The lowest BCUT2D eigenvalue weighted by atomic mass is 9.65. The molecule has 0 saturated heterocycles. The minimum Gasteiger partial charge on any atom is -0.342 e. The summed E-state index contributed by atoms with van der Waals surface area (Å²) in [4.78, 5) is 14.7. The lowest BCUT2D eigenvalue weighted by Gasteiger charge is -2.44. The van der Waals surface area contributed by atoms with Gasteiger partial charge in [0.25, 0.3) is 0 Å². The Kier molecular flexibility index (Phi) is 4.88. The minimum atomic E-state index is 0.244. The van der Waals surface area contributed by atoms with Crippen molar-refractivity contribution in [1.29, 1.82) is 0 Å². The maximum absolute atomic E-state index is 12.7. The molecule has 0 aliphatic heterocycles. The fourth-order valence-electron chi connectivity index (χ4n) is 4.06. The second kappa shape index (κ2) is 6.25. The van der Waals surface area contributed by atoms with E-state index in [1.165, 1.54) is 19.3 Å². The molecule has 0 aromatic rings. The van der Waals surface area contributed by atoms with Crippen LogP contribution in [0.1, 0.15) is 52.9 Å². The summed E-state index contributed by atoms with van der Waals surface area (Å²) in [6, 6.07) is 0.359. The number of nitrogens with zero attached hydrogens (tertiary/aromatic N) is 1. The summed E-state index contributed by atoms with van der Waals surface area (Å²) in [6.45, 7) is 8.20. The zero-order valence-electron chi connectivity index (χ0n) is 12.8. The largest absolute Gasteiger partial charge is 0.342 e. The van der Waals surface area contributed by atoms with Gasteiger partial charge in [0, 0.05) is 25.0 Å². The van der Waals surface area contributed by atoms with Gasteiger partial charge in [-0.25, -0.2) is 0 Å². The average molecular weight is 266 g/mol. The fourth-order valence-corrected chi connectivity index (χ4v) is 4.06. The predicted octanol–water partition coefficient (Wildman–Crippen LogP) is 2.64. The molecule has 2 aliphatic carbocycles. The Morgan fingerprint density at radius 3 is 2.32 bits per heavy atom. The SMILES string of the molecule is CCN(CC(C)C)C(=O)C1CC2CCCC(C1)C2N. The molecule has 0 aromatic heterocycles. The van der Waals surface area contributed by atoms with Crippen molar-refractivity contribution in [3.63, 3.8) is 0 Å². The van der Waals surface area contributed by atoms with Crippen molar-refractivity contribution in [2.45, 2.75) is 58.9 Å². The normalized spacial score (nSPS) is 34.4. The number of nitrogens with two attached hydrogens (primary N) is 1. The molecule has 0 heterocycles. The first kappa shape index (κ1) is 14.8. The number of hydrogen-bond acceptors (Lipinski definition) is 2. The smallest absolute Gasteiger partial charge is 0.225 e. The van der Waals surface area contributed by atoms with Gasteiger partial charge in [0.2, 0.25) is 5.91 Å². The Morgan fingerprint density at radius 1 is 1.26 bits per heavy atom. The van der Waals surface area contributed by atoms with Gasteiger partial charge in [-0.1, -0.05) is 20.3 Å². The van der Waals surface area contributed by atoms with Gasteiger partial charge in [-0.2, -0.15) is 0 Å². The van der Waals surface area contributed by atoms with Crippen LogP contribution in [-0.2, 0) is 4.79 Å². The monoisotopic (exact) mass is 266 g/mol. The first-order valence-corrected chi connectivity index (χ1v) is 8.07. The molecule has 0 aromatic carbocycles. The molecule has 2 N–H and O–H groups in total. The summed E-state index contributed by atoms with van der Waals surface area (Å²) in [5, 5.41) is 0. The van der Waals surface area contributed by atoms with Crippen LogP contribution in [0.2, 0.25) is 0 Å². The number of fused-ring (bicyclic) bond motifs is 2. The molecule has 2 bridgehead atoms. The van der Waals surface area contributed by atoms with Gasteiger partial charge >= 0.3 is 0 Å². The highest BCUT2D eigenvalue weighted by Crippen LogP contribution is 2.42. The Labute approximate surface area is 117 Å². The van der Waals surface area contributed by atoms with E-state index in [-0.39, 0.29) is 5.92 Å². The fraction of sp³-hybridized carbons (Fsp3) is 0.938. The second-order valence-electron chi connectivity index (χ2n) is 6.97. The van der Waals surface area contributed by atoms with Crippen molar-refractivity contribution in [2.75, 3.05) is 13.1 Å².